The molecule has 2 unspecified atom stereocenters. The number of likely N-dealkylation sites (tertiary alicyclic amines) is 1. The van der Waals surface area contributed by atoms with Crippen LogP contribution in [-0.2, 0) is 16.1 Å². The summed E-state index contributed by atoms with van der Waals surface area (Å²) in [6.45, 7) is 4.64. The highest BCUT2D eigenvalue weighted by Gasteiger charge is 2.55. The van der Waals surface area contributed by atoms with Crippen LogP contribution in [0.2, 0.25) is 0 Å². The van der Waals surface area contributed by atoms with E-state index in [0.717, 1.165) is 39.0 Å². The molecule has 1 aromatic rings. The molecule has 0 aromatic carbocycles. The second kappa shape index (κ2) is 7.77. The first-order valence-corrected chi connectivity index (χ1v) is 10.1. The van der Waals surface area contributed by atoms with Gasteiger partial charge in [-0.15, -0.1) is 0 Å². The van der Waals surface area contributed by atoms with E-state index in [4.69, 9.17) is 0 Å². The summed E-state index contributed by atoms with van der Waals surface area (Å²) in [5, 5.41) is 9.19. The number of nitrogens with one attached hydrogen (secondary N) is 1. The quantitative estimate of drug-likeness (QED) is 0.572. The fourth-order valence-corrected chi connectivity index (χ4v) is 4.86. The molecule has 0 bridgehead atoms. The maximum Gasteiger partial charge on any atom is 0.248 e. The third kappa shape index (κ3) is 3.90. The number of hydrogen-bond donors (Lipinski definition) is 2. The third-order valence-electron chi connectivity index (χ3n) is 6.59. The van der Waals surface area contributed by atoms with Crippen molar-refractivity contribution in [3.05, 3.63) is 30.1 Å². The lowest BCUT2D eigenvalue weighted by atomic mass is 9.80. The number of pyridine rings is 1. The Morgan fingerprint density at radius 2 is 1.89 bits per heavy atom. The molecule has 1 aromatic heterocycles. The number of nitrogens with zero attached hydrogens (tertiary/aromatic N) is 4. The van der Waals surface area contributed by atoms with Gasteiger partial charge < -0.3 is 4.90 Å². The first kappa shape index (κ1) is 19.3. The molecule has 2 N–H and O–H groups in total. The lowest BCUT2D eigenvalue weighted by Gasteiger charge is -2.44. The maximum absolute atomic E-state index is 13.3. The molecule has 8 nitrogen and oxygen atoms in total. The van der Waals surface area contributed by atoms with Crippen molar-refractivity contribution >= 4 is 11.8 Å². The summed E-state index contributed by atoms with van der Waals surface area (Å²) in [6, 6.07) is 3.53. The number of piperazine rings is 1. The number of hydroxylamine groups is 1. The van der Waals surface area contributed by atoms with Crippen LogP contribution in [0.4, 0.5) is 0 Å². The molecule has 3 heterocycles. The van der Waals surface area contributed by atoms with E-state index >= 15 is 0 Å². The predicted molar refractivity (Wildman–Crippen MR) is 102 cm³/mol. The van der Waals surface area contributed by atoms with Gasteiger partial charge in [-0.3, -0.25) is 29.6 Å². The van der Waals surface area contributed by atoms with Crippen LogP contribution >= 0.6 is 0 Å². The standard InChI is InChI=1S/C20H29N5O3/c1-23-14-20(4-5-20)12-16(18(26)22-28)17(23)19(27)25-10-8-24(9-11-25)13-15-2-6-21-7-3-15/h2-3,6-7,16-17,28H,4-5,8-14H2,1H3,(H,22,26). The van der Waals surface area contributed by atoms with E-state index in [1.54, 1.807) is 17.9 Å². The van der Waals surface area contributed by atoms with Crippen molar-refractivity contribution in [1.29, 1.82) is 0 Å². The van der Waals surface area contributed by atoms with Gasteiger partial charge in [0.05, 0.1) is 5.92 Å². The number of carbonyl (C=O) groups is 2. The van der Waals surface area contributed by atoms with Gasteiger partial charge in [0.1, 0.15) is 6.04 Å². The molecule has 1 spiro atoms. The molecule has 3 aliphatic rings. The summed E-state index contributed by atoms with van der Waals surface area (Å²) in [4.78, 5) is 35.9. The highest BCUT2D eigenvalue weighted by atomic mass is 16.5. The molecule has 3 fully saturated rings. The van der Waals surface area contributed by atoms with Crippen LogP contribution in [0.1, 0.15) is 24.8 Å². The number of hydrogen-bond acceptors (Lipinski definition) is 6. The summed E-state index contributed by atoms with van der Waals surface area (Å²) in [5.41, 5.74) is 3.17. The Morgan fingerprint density at radius 3 is 2.50 bits per heavy atom. The minimum Gasteiger partial charge on any atom is -0.339 e. The Bertz CT molecular complexity index is 716. The van der Waals surface area contributed by atoms with Gasteiger partial charge in [-0.2, -0.15) is 0 Å². The van der Waals surface area contributed by atoms with Crippen LogP contribution in [0.15, 0.2) is 24.5 Å². The van der Waals surface area contributed by atoms with Gasteiger partial charge in [0, 0.05) is 51.7 Å². The highest BCUT2D eigenvalue weighted by molar-refractivity contribution is 5.90. The Balaban J connectivity index is 1.38. The van der Waals surface area contributed by atoms with Crippen molar-refractivity contribution in [1.82, 2.24) is 25.2 Å². The smallest absolute Gasteiger partial charge is 0.248 e. The van der Waals surface area contributed by atoms with Crippen molar-refractivity contribution in [3.8, 4) is 0 Å². The summed E-state index contributed by atoms with van der Waals surface area (Å²) >= 11 is 0. The van der Waals surface area contributed by atoms with Crippen molar-refractivity contribution in [2.24, 2.45) is 11.3 Å². The molecule has 4 rings (SSSR count). The van der Waals surface area contributed by atoms with Gasteiger partial charge in [0.15, 0.2) is 0 Å². The van der Waals surface area contributed by atoms with Gasteiger partial charge >= 0.3 is 0 Å². The third-order valence-corrected chi connectivity index (χ3v) is 6.59. The van der Waals surface area contributed by atoms with Crippen LogP contribution < -0.4 is 5.48 Å². The number of amides is 2. The van der Waals surface area contributed by atoms with Crippen LogP contribution in [0, 0.1) is 11.3 Å². The van der Waals surface area contributed by atoms with Crippen LogP contribution in [0.5, 0.6) is 0 Å². The van der Waals surface area contributed by atoms with E-state index < -0.39 is 17.9 Å². The summed E-state index contributed by atoms with van der Waals surface area (Å²) in [7, 11) is 1.93. The molecule has 152 valence electrons. The van der Waals surface area contributed by atoms with Crippen molar-refractivity contribution in [2.75, 3.05) is 39.8 Å². The van der Waals surface area contributed by atoms with Gasteiger partial charge in [-0.05, 0) is 49.4 Å². The fraction of sp³-hybridized carbons (Fsp3) is 0.650. The average molecular weight is 387 g/mol. The van der Waals surface area contributed by atoms with E-state index in [2.05, 4.69) is 9.88 Å². The minimum absolute atomic E-state index is 0.00941. The van der Waals surface area contributed by atoms with E-state index in [-0.39, 0.29) is 11.3 Å². The summed E-state index contributed by atoms with van der Waals surface area (Å²) < 4.78 is 0. The Hall–Kier alpha value is -2.03. The second-order valence-electron chi connectivity index (χ2n) is 8.60. The van der Waals surface area contributed by atoms with Crippen molar-refractivity contribution in [2.45, 2.75) is 31.8 Å². The Labute approximate surface area is 165 Å². The zero-order valence-electron chi connectivity index (χ0n) is 16.4. The Morgan fingerprint density at radius 1 is 1.21 bits per heavy atom. The Kier molecular flexibility index (Phi) is 5.35. The van der Waals surface area contributed by atoms with Gasteiger partial charge in [0.2, 0.25) is 11.8 Å². The molecular weight excluding hydrogens is 358 g/mol. The molecule has 2 amide bonds. The van der Waals surface area contributed by atoms with E-state index in [1.807, 2.05) is 29.0 Å². The topological polar surface area (TPSA) is 89.0 Å². The maximum atomic E-state index is 13.3. The highest BCUT2D eigenvalue weighted by Crippen LogP contribution is 2.54. The molecular formula is C20H29N5O3. The van der Waals surface area contributed by atoms with E-state index in [1.165, 1.54) is 5.56 Å². The first-order valence-electron chi connectivity index (χ1n) is 10.1. The zero-order chi connectivity index (χ0) is 19.7. The largest absolute Gasteiger partial charge is 0.339 e. The van der Waals surface area contributed by atoms with Crippen LogP contribution in [-0.4, -0.2) is 82.5 Å². The molecule has 2 saturated heterocycles. The van der Waals surface area contributed by atoms with Gasteiger partial charge in [0.25, 0.3) is 0 Å². The van der Waals surface area contributed by atoms with Crippen LogP contribution in [0.25, 0.3) is 0 Å². The molecule has 2 aliphatic heterocycles. The van der Waals surface area contributed by atoms with E-state index in [9.17, 15) is 14.8 Å². The first-order chi connectivity index (χ1) is 13.5. The average Bonchev–Trinajstić information content (AvgIpc) is 3.46. The fourth-order valence-electron chi connectivity index (χ4n) is 4.86. The lowest BCUT2D eigenvalue weighted by molar-refractivity contribution is -0.151. The van der Waals surface area contributed by atoms with Crippen LogP contribution in [0.3, 0.4) is 0 Å². The monoisotopic (exact) mass is 387 g/mol. The number of likely N-dealkylation sites (N-methyl/N-ethyl adjacent to an activating group) is 1. The number of rotatable bonds is 4. The lowest BCUT2D eigenvalue weighted by Crippen LogP contribution is -2.61. The number of aromatic nitrogens is 1. The number of piperidine rings is 1. The molecule has 1 aliphatic carbocycles. The predicted octanol–water partition coefficient (Wildman–Crippen LogP) is 0.332. The SMILES string of the molecule is CN1CC2(CC2)CC(C(=O)NO)C1C(=O)N1CCN(Cc2ccncc2)CC1. The van der Waals surface area contributed by atoms with Gasteiger partial charge in [-0.25, -0.2) is 5.48 Å². The summed E-state index contributed by atoms with van der Waals surface area (Å²) in [6.07, 6.45) is 6.48. The van der Waals surface area contributed by atoms with Crippen molar-refractivity contribution < 1.29 is 14.8 Å². The summed E-state index contributed by atoms with van der Waals surface area (Å²) in [5.74, 6) is -0.920. The zero-order valence-corrected chi connectivity index (χ0v) is 16.4. The van der Waals surface area contributed by atoms with Crippen molar-refractivity contribution in [3.63, 3.8) is 0 Å². The minimum atomic E-state index is -0.495. The van der Waals surface area contributed by atoms with E-state index in [0.29, 0.717) is 19.5 Å². The molecule has 1 saturated carbocycles. The second-order valence-corrected chi connectivity index (χ2v) is 8.60. The molecule has 8 heteroatoms. The molecule has 2 atom stereocenters. The number of carbonyl (C=O) groups excluding carboxylic acids is 2. The van der Waals surface area contributed by atoms with Gasteiger partial charge in [-0.1, -0.05) is 0 Å². The normalized spacial score (nSPS) is 27.6. The molecule has 0 radical (unpaired) electrons. The molecule has 28 heavy (non-hydrogen) atoms.